The number of carbonyl (C=O) groups is 2. The zero-order valence-electron chi connectivity index (χ0n) is 11.8. The van der Waals surface area contributed by atoms with Gasteiger partial charge in [-0.15, -0.1) is 0 Å². The minimum atomic E-state index is -5.70. The number of carboxylic acids is 1. The molecule has 1 aromatic rings. The number of hydrogen-bond donors (Lipinski definition) is 2. The third kappa shape index (κ3) is 3.10. The van der Waals surface area contributed by atoms with Gasteiger partial charge in [0, 0.05) is 7.05 Å². The number of amides is 1. The van der Waals surface area contributed by atoms with Crippen LogP contribution in [0.2, 0.25) is 0 Å². The van der Waals surface area contributed by atoms with E-state index in [1.807, 2.05) is 5.32 Å². The van der Waals surface area contributed by atoms with Gasteiger partial charge in [0.1, 0.15) is 0 Å². The molecule has 2 N–H and O–H groups in total. The van der Waals surface area contributed by atoms with E-state index in [0.717, 1.165) is 7.05 Å². The van der Waals surface area contributed by atoms with E-state index in [2.05, 4.69) is 0 Å². The van der Waals surface area contributed by atoms with Gasteiger partial charge in [-0.3, -0.25) is 4.79 Å². The van der Waals surface area contributed by atoms with Crippen molar-refractivity contribution in [2.75, 3.05) is 7.05 Å². The largest absolute Gasteiger partial charge is 0.478 e. The average molecular weight is 343 g/mol. The summed E-state index contributed by atoms with van der Waals surface area (Å²) in [6.07, 6.45) is -11.4. The maximum atomic E-state index is 13.0. The van der Waals surface area contributed by atoms with Crippen molar-refractivity contribution in [1.82, 2.24) is 5.32 Å². The highest BCUT2D eigenvalue weighted by Gasteiger charge is 2.68. The average Bonchev–Trinajstić information content (AvgIpc) is 2.42. The van der Waals surface area contributed by atoms with Gasteiger partial charge in [0.05, 0.1) is 11.1 Å². The van der Waals surface area contributed by atoms with Crippen LogP contribution < -0.4 is 5.32 Å². The third-order valence-corrected chi connectivity index (χ3v) is 3.43. The van der Waals surface area contributed by atoms with Crippen molar-refractivity contribution in [3.63, 3.8) is 0 Å². The minimum absolute atomic E-state index is 0.0730. The first kappa shape index (κ1) is 18.8. The predicted molar refractivity (Wildman–Crippen MR) is 66.3 cm³/mol. The van der Waals surface area contributed by atoms with Gasteiger partial charge in [0.15, 0.2) is 5.41 Å². The molecule has 0 fully saturated rings. The number of rotatable bonds is 3. The van der Waals surface area contributed by atoms with Crippen LogP contribution in [0.15, 0.2) is 18.2 Å². The van der Waals surface area contributed by atoms with E-state index in [4.69, 9.17) is 5.11 Å². The summed E-state index contributed by atoms with van der Waals surface area (Å²) in [5.74, 6) is -2.77. The molecule has 0 aliphatic heterocycles. The van der Waals surface area contributed by atoms with Gasteiger partial charge in [0.25, 0.3) is 5.91 Å². The molecule has 0 aliphatic carbocycles. The second kappa shape index (κ2) is 5.74. The molecule has 0 radical (unpaired) electrons. The molecule has 128 valence electrons. The van der Waals surface area contributed by atoms with E-state index in [9.17, 15) is 35.9 Å². The van der Waals surface area contributed by atoms with Crippen molar-refractivity contribution in [2.45, 2.75) is 24.7 Å². The first-order chi connectivity index (χ1) is 10.3. The zero-order chi connectivity index (χ0) is 18.2. The molecule has 1 amide bonds. The van der Waals surface area contributed by atoms with E-state index in [1.165, 1.54) is 0 Å². The van der Waals surface area contributed by atoms with Crippen LogP contribution in [0.3, 0.4) is 0 Å². The van der Waals surface area contributed by atoms with E-state index >= 15 is 0 Å². The van der Waals surface area contributed by atoms with Gasteiger partial charge in [-0.2, -0.15) is 26.3 Å². The molecule has 0 aromatic heterocycles. The second-order valence-corrected chi connectivity index (χ2v) is 4.77. The smallest absolute Gasteiger partial charge is 0.406 e. The van der Waals surface area contributed by atoms with Gasteiger partial charge in [-0.05, 0) is 24.6 Å². The van der Waals surface area contributed by atoms with Crippen molar-refractivity contribution < 1.29 is 41.0 Å². The molecule has 0 saturated heterocycles. The predicted octanol–water partition coefficient (Wildman–Crippen LogP) is 3.13. The van der Waals surface area contributed by atoms with Gasteiger partial charge in [0.2, 0.25) is 0 Å². The summed E-state index contributed by atoms with van der Waals surface area (Å²) in [5, 5.41) is 10.9. The quantitative estimate of drug-likeness (QED) is 0.829. The Balaban J connectivity index is 3.71. The molecular formula is C13H11F6NO3. The zero-order valence-corrected chi connectivity index (χ0v) is 11.8. The van der Waals surface area contributed by atoms with Crippen molar-refractivity contribution in [3.05, 3.63) is 34.9 Å². The molecule has 4 nitrogen and oxygen atoms in total. The third-order valence-electron chi connectivity index (χ3n) is 3.43. The van der Waals surface area contributed by atoms with Crippen LogP contribution in [-0.4, -0.2) is 36.4 Å². The molecule has 0 bridgehead atoms. The minimum Gasteiger partial charge on any atom is -0.478 e. The molecule has 23 heavy (non-hydrogen) atoms. The maximum Gasteiger partial charge on any atom is 0.406 e. The number of nitrogens with one attached hydrogen (secondary N) is 1. The molecule has 0 saturated carbocycles. The standard InChI is InChI=1S/C13H11F6NO3/c1-11(12(14,15)16,13(17,18)19)6-3-4-7(10(22)23)8(5-6)9(21)20-2/h3-5H,1-2H3,(H,20,21)(H,22,23). The Morgan fingerprint density at radius 1 is 1.00 bits per heavy atom. The van der Waals surface area contributed by atoms with Crippen LogP contribution in [0.5, 0.6) is 0 Å². The van der Waals surface area contributed by atoms with E-state index < -0.39 is 46.3 Å². The fraction of sp³-hybridized carbons (Fsp3) is 0.385. The van der Waals surface area contributed by atoms with Crippen LogP contribution >= 0.6 is 0 Å². The number of alkyl halides is 6. The van der Waals surface area contributed by atoms with Crippen LogP contribution in [0, 0.1) is 0 Å². The molecule has 1 rings (SSSR count). The summed E-state index contributed by atoms with van der Waals surface area (Å²) < 4.78 is 78.1. The molecule has 0 atom stereocenters. The van der Waals surface area contributed by atoms with Crippen LogP contribution in [0.1, 0.15) is 33.2 Å². The molecule has 0 heterocycles. The van der Waals surface area contributed by atoms with Gasteiger partial charge >= 0.3 is 18.3 Å². The highest BCUT2D eigenvalue weighted by molar-refractivity contribution is 6.04. The van der Waals surface area contributed by atoms with Gasteiger partial charge < -0.3 is 10.4 Å². The van der Waals surface area contributed by atoms with E-state index in [0.29, 0.717) is 18.2 Å². The normalized spacial score (nSPS) is 12.9. The Hall–Kier alpha value is -2.26. The van der Waals surface area contributed by atoms with Crippen molar-refractivity contribution in [2.24, 2.45) is 0 Å². The second-order valence-electron chi connectivity index (χ2n) is 4.77. The molecule has 1 aromatic carbocycles. The fourth-order valence-corrected chi connectivity index (χ4v) is 1.85. The number of carboxylic acid groups (broad SMARTS) is 1. The molecule has 0 unspecified atom stereocenters. The first-order valence-corrected chi connectivity index (χ1v) is 6.00. The summed E-state index contributed by atoms with van der Waals surface area (Å²) in [7, 11) is 1.06. The van der Waals surface area contributed by atoms with E-state index in [1.54, 1.807) is 0 Å². The van der Waals surface area contributed by atoms with E-state index in [-0.39, 0.29) is 6.92 Å². The van der Waals surface area contributed by atoms with Crippen LogP contribution in [-0.2, 0) is 5.41 Å². The van der Waals surface area contributed by atoms with Crippen LogP contribution in [0.25, 0.3) is 0 Å². The SMILES string of the molecule is CNC(=O)c1cc(C(C)(C(F)(F)F)C(F)(F)F)ccc1C(=O)O. The molecule has 0 spiro atoms. The van der Waals surface area contributed by atoms with Crippen molar-refractivity contribution in [1.29, 1.82) is 0 Å². The molecular weight excluding hydrogens is 332 g/mol. The highest BCUT2D eigenvalue weighted by Crippen LogP contribution is 2.51. The molecule has 0 aliphatic rings. The number of carbonyl (C=O) groups excluding carboxylic acids is 1. The fourth-order valence-electron chi connectivity index (χ4n) is 1.85. The maximum absolute atomic E-state index is 13.0. The number of benzene rings is 1. The first-order valence-electron chi connectivity index (χ1n) is 6.00. The summed E-state index contributed by atoms with van der Waals surface area (Å²) in [4.78, 5) is 22.6. The number of hydrogen-bond acceptors (Lipinski definition) is 2. The van der Waals surface area contributed by atoms with Crippen molar-refractivity contribution >= 4 is 11.9 Å². The molecule has 10 heteroatoms. The topological polar surface area (TPSA) is 66.4 Å². The Morgan fingerprint density at radius 3 is 1.83 bits per heavy atom. The Bertz CT molecular complexity index is 622. The number of halogens is 6. The van der Waals surface area contributed by atoms with Crippen LogP contribution in [0.4, 0.5) is 26.3 Å². The monoisotopic (exact) mass is 343 g/mol. The summed E-state index contributed by atoms with van der Waals surface area (Å²) in [6, 6.07) is 1.23. The summed E-state index contributed by atoms with van der Waals surface area (Å²) >= 11 is 0. The Labute approximate surface area is 126 Å². The lowest BCUT2D eigenvalue weighted by Gasteiger charge is -2.34. The lowest BCUT2D eigenvalue weighted by molar-refractivity contribution is -0.297. The highest BCUT2D eigenvalue weighted by atomic mass is 19.4. The Morgan fingerprint density at radius 2 is 1.48 bits per heavy atom. The summed E-state index contributed by atoms with van der Waals surface area (Å²) in [5.41, 5.74) is -7.03. The number of aromatic carboxylic acids is 1. The lowest BCUT2D eigenvalue weighted by Crippen LogP contribution is -2.51. The van der Waals surface area contributed by atoms with Crippen molar-refractivity contribution in [3.8, 4) is 0 Å². The van der Waals surface area contributed by atoms with Gasteiger partial charge in [-0.25, -0.2) is 4.79 Å². The van der Waals surface area contributed by atoms with Gasteiger partial charge in [-0.1, -0.05) is 6.07 Å². The lowest BCUT2D eigenvalue weighted by atomic mass is 9.79. The summed E-state index contributed by atoms with van der Waals surface area (Å²) in [6.45, 7) is -0.0730. The Kier molecular flexibility index (Phi) is 4.69.